The first kappa shape index (κ1) is 15.4. The third-order valence-electron chi connectivity index (χ3n) is 2.57. The summed E-state index contributed by atoms with van der Waals surface area (Å²) in [5, 5.41) is 11.8. The minimum Gasteiger partial charge on any atom is -0.394 e. The van der Waals surface area contributed by atoms with Gasteiger partial charge < -0.3 is 10.4 Å². The van der Waals surface area contributed by atoms with Crippen molar-refractivity contribution in [1.29, 1.82) is 0 Å². The lowest BCUT2D eigenvalue weighted by Crippen LogP contribution is -2.37. The molecule has 0 saturated carbocycles. The van der Waals surface area contributed by atoms with Gasteiger partial charge in [-0.1, -0.05) is 34.6 Å². The van der Waals surface area contributed by atoms with Crippen LogP contribution in [0.5, 0.6) is 0 Å². The quantitative estimate of drug-likeness (QED) is 0.734. The Hall–Kier alpha value is -0.570. The molecule has 16 heavy (non-hydrogen) atoms. The fraction of sp³-hybridized carbons (Fsp3) is 0.923. The molecular weight excluding hydrogens is 202 g/mol. The molecule has 0 radical (unpaired) electrons. The molecule has 0 aliphatic rings. The van der Waals surface area contributed by atoms with E-state index >= 15 is 0 Å². The van der Waals surface area contributed by atoms with Gasteiger partial charge in [-0.2, -0.15) is 0 Å². The van der Waals surface area contributed by atoms with Crippen molar-refractivity contribution in [2.45, 2.75) is 59.9 Å². The van der Waals surface area contributed by atoms with Gasteiger partial charge in [-0.3, -0.25) is 4.79 Å². The lowest BCUT2D eigenvalue weighted by molar-refractivity contribution is -0.123. The molecule has 0 aliphatic heterocycles. The Labute approximate surface area is 99.6 Å². The topological polar surface area (TPSA) is 49.3 Å². The Morgan fingerprint density at radius 2 is 1.94 bits per heavy atom. The van der Waals surface area contributed by atoms with Gasteiger partial charge in [0.25, 0.3) is 0 Å². The first-order valence-corrected chi connectivity index (χ1v) is 6.18. The molecule has 3 nitrogen and oxygen atoms in total. The molecule has 0 aromatic heterocycles. The zero-order valence-electron chi connectivity index (χ0n) is 11.3. The summed E-state index contributed by atoms with van der Waals surface area (Å²) in [6, 6.07) is -0.0886. The van der Waals surface area contributed by atoms with Crippen molar-refractivity contribution < 1.29 is 9.90 Å². The van der Waals surface area contributed by atoms with E-state index in [-0.39, 0.29) is 24.0 Å². The summed E-state index contributed by atoms with van der Waals surface area (Å²) in [5.74, 6) is 0.439. The van der Waals surface area contributed by atoms with Gasteiger partial charge in [0.1, 0.15) is 0 Å². The average Bonchev–Trinajstić information content (AvgIpc) is 2.10. The van der Waals surface area contributed by atoms with Crippen LogP contribution in [0.4, 0.5) is 0 Å². The Bertz CT molecular complexity index is 204. The number of rotatable bonds is 6. The number of hydrogen-bond donors (Lipinski definition) is 2. The molecule has 0 aliphatic carbocycles. The van der Waals surface area contributed by atoms with Gasteiger partial charge >= 0.3 is 0 Å². The van der Waals surface area contributed by atoms with E-state index in [1.165, 1.54) is 0 Å². The van der Waals surface area contributed by atoms with Crippen molar-refractivity contribution >= 4 is 5.91 Å². The number of aliphatic hydroxyl groups is 1. The van der Waals surface area contributed by atoms with Crippen LogP contribution in [-0.2, 0) is 4.79 Å². The van der Waals surface area contributed by atoms with Crippen LogP contribution in [0.1, 0.15) is 53.9 Å². The largest absolute Gasteiger partial charge is 0.394 e. The highest BCUT2D eigenvalue weighted by molar-refractivity contribution is 5.76. The Balaban J connectivity index is 3.95. The van der Waals surface area contributed by atoms with E-state index in [2.05, 4.69) is 33.0 Å². The second-order valence-corrected chi connectivity index (χ2v) is 5.93. The molecule has 0 bridgehead atoms. The predicted molar refractivity (Wildman–Crippen MR) is 67.2 cm³/mol. The highest BCUT2D eigenvalue weighted by atomic mass is 16.3. The van der Waals surface area contributed by atoms with Crippen molar-refractivity contribution in [3.05, 3.63) is 0 Å². The fourth-order valence-corrected chi connectivity index (χ4v) is 2.00. The Morgan fingerprint density at radius 3 is 2.31 bits per heavy atom. The van der Waals surface area contributed by atoms with Crippen molar-refractivity contribution in [3.63, 3.8) is 0 Å². The first-order chi connectivity index (χ1) is 7.28. The summed E-state index contributed by atoms with van der Waals surface area (Å²) in [6.07, 6.45) is 2.36. The van der Waals surface area contributed by atoms with E-state index in [4.69, 9.17) is 5.11 Å². The van der Waals surface area contributed by atoms with Gasteiger partial charge in [0.05, 0.1) is 12.6 Å². The van der Waals surface area contributed by atoms with E-state index in [0.717, 1.165) is 12.8 Å². The number of nitrogens with one attached hydrogen (secondary N) is 1. The van der Waals surface area contributed by atoms with Gasteiger partial charge in [0, 0.05) is 6.42 Å². The molecule has 0 saturated heterocycles. The number of carbonyl (C=O) groups excluding carboxylic acids is 1. The maximum Gasteiger partial charge on any atom is 0.220 e. The molecule has 1 unspecified atom stereocenters. The molecule has 0 heterocycles. The maximum atomic E-state index is 11.6. The van der Waals surface area contributed by atoms with E-state index in [9.17, 15) is 4.79 Å². The van der Waals surface area contributed by atoms with Crippen LogP contribution >= 0.6 is 0 Å². The molecule has 0 spiro atoms. The van der Waals surface area contributed by atoms with Crippen LogP contribution in [0, 0.1) is 11.3 Å². The molecule has 0 aromatic carbocycles. The van der Waals surface area contributed by atoms with E-state index in [1.807, 2.05) is 6.92 Å². The van der Waals surface area contributed by atoms with Gasteiger partial charge in [0.2, 0.25) is 5.91 Å². The molecule has 96 valence electrons. The van der Waals surface area contributed by atoms with Crippen molar-refractivity contribution in [2.75, 3.05) is 6.61 Å². The summed E-state index contributed by atoms with van der Waals surface area (Å²) >= 11 is 0. The molecule has 0 rings (SSSR count). The standard InChI is InChI=1S/C13H27NO2/c1-6-11(9-15)14-12(16)7-10(2)8-13(3,4)5/h10-11,15H,6-9H2,1-5H3,(H,14,16)/t10?,11-/m1/s1. The SMILES string of the molecule is CC[C@H](CO)NC(=O)CC(C)CC(C)(C)C. The van der Waals surface area contributed by atoms with E-state index in [0.29, 0.717) is 12.3 Å². The molecular formula is C13H27NO2. The molecule has 2 N–H and O–H groups in total. The molecule has 2 atom stereocenters. The van der Waals surface area contributed by atoms with Crippen LogP contribution in [0.15, 0.2) is 0 Å². The van der Waals surface area contributed by atoms with Crippen LogP contribution in [0.2, 0.25) is 0 Å². The summed E-state index contributed by atoms with van der Waals surface area (Å²) < 4.78 is 0. The van der Waals surface area contributed by atoms with Crippen LogP contribution in [0.25, 0.3) is 0 Å². The number of carbonyl (C=O) groups is 1. The van der Waals surface area contributed by atoms with E-state index < -0.39 is 0 Å². The van der Waals surface area contributed by atoms with E-state index in [1.54, 1.807) is 0 Å². The molecule has 0 aromatic rings. The third-order valence-corrected chi connectivity index (χ3v) is 2.57. The Kier molecular flexibility index (Phi) is 6.65. The van der Waals surface area contributed by atoms with Gasteiger partial charge in [-0.05, 0) is 24.2 Å². The first-order valence-electron chi connectivity index (χ1n) is 6.18. The monoisotopic (exact) mass is 229 g/mol. The lowest BCUT2D eigenvalue weighted by atomic mass is 9.84. The normalized spacial score (nSPS) is 15.6. The number of aliphatic hydroxyl groups excluding tert-OH is 1. The minimum atomic E-state index is -0.0886. The van der Waals surface area contributed by atoms with Gasteiger partial charge in [-0.15, -0.1) is 0 Å². The summed E-state index contributed by atoms with van der Waals surface area (Å²) in [7, 11) is 0. The van der Waals surface area contributed by atoms with Crippen LogP contribution in [-0.4, -0.2) is 23.7 Å². The number of amides is 1. The second-order valence-electron chi connectivity index (χ2n) is 5.93. The lowest BCUT2D eigenvalue weighted by Gasteiger charge is -2.23. The minimum absolute atomic E-state index is 0.0237. The van der Waals surface area contributed by atoms with Crippen molar-refractivity contribution in [3.8, 4) is 0 Å². The molecule has 1 amide bonds. The van der Waals surface area contributed by atoms with Gasteiger partial charge in [-0.25, -0.2) is 0 Å². The molecule has 3 heteroatoms. The number of hydrogen-bond acceptors (Lipinski definition) is 2. The molecule has 0 fully saturated rings. The third kappa shape index (κ3) is 7.69. The average molecular weight is 229 g/mol. The second kappa shape index (κ2) is 6.89. The zero-order valence-corrected chi connectivity index (χ0v) is 11.3. The smallest absolute Gasteiger partial charge is 0.220 e. The van der Waals surface area contributed by atoms with Crippen molar-refractivity contribution in [2.24, 2.45) is 11.3 Å². The van der Waals surface area contributed by atoms with Crippen LogP contribution in [0.3, 0.4) is 0 Å². The highest BCUT2D eigenvalue weighted by Crippen LogP contribution is 2.25. The zero-order chi connectivity index (χ0) is 12.8. The van der Waals surface area contributed by atoms with Gasteiger partial charge in [0.15, 0.2) is 0 Å². The highest BCUT2D eigenvalue weighted by Gasteiger charge is 2.18. The Morgan fingerprint density at radius 1 is 1.38 bits per heavy atom. The van der Waals surface area contributed by atoms with Crippen LogP contribution < -0.4 is 5.32 Å². The summed E-state index contributed by atoms with van der Waals surface area (Å²) in [6.45, 7) is 10.6. The van der Waals surface area contributed by atoms with Crippen molar-refractivity contribution in [1.82, 2.24) is 5.32 Å². The summed E-state index contributed by atoms with van der Waals surface area (Å²) in [4.78, 5) is 11.6. The summed E-state index contributed by atoms with van der Waals surface area (Å²) in [5.41, 5.74) is 0.265. The fourth-order valence-electron chi connectivity index (χ4n) is 2.00. The maximum absolute atomic E-state index is 11.6. The predicted octanol–water partition coefficient (Wildman–Crippen LogP) is 2.34.